The maximum Gasteiger partial charge on any atom is 0.222 e. The lowest BCUT2D eigenvalue weighted by Crippen LogP contribution is -2.13. The average Bonchev–Trinajstić information content (AvgIpc) is 2.54. The van der Waals surface area contributed by atoms with Gasteiger partial charge in [0.2, 0.25) is 5.95 Å². The number of carbonyl (C=O) groups is 1. The molecule has 0 aliphatic carbocycles. The molecule has 24 heavy (non-hydrogen) atoms. The van der Waals surface area contributed by atoms with Crippen LogP contribution < -0.4 is 15.8 Å². The molecule has 7 heteroatoms. The molecule has 0 saturated carbocycles. The maximum atomic E-state index is 11.2. The Morgan fingerprint density at radius 3 is 2.75 bits per heavy atom. The highest BCUT2D eigenvalue weighted by molar-refractivity contribution is 5.80. The van der Waals surface area contributed by atoms with Gasteiger partial charge in [0.15, 0.2) is 11.6 Å². The van der Waals surface area contributed by atoms with Crippen molar-refractivity contribution in [1.29, 1.82) is 0 Å². The normalized spacial score (nSPS) is 10.3. The van der Waals surface area contributed by atoms with E-state index in [0.29, 0.717) is 23.0 Å². The van der Waals surface area contributed by atoms with Crippen LogP contribution in [0.3, 0.4) is 0 Å². The number of nitrogens with one attached hydrogen (secondary N) is 1. The molecule has 0 aliphatic heterocycles. The molecular formula is C17H19N5O2. The van der Waals surface area contributed by atoms with E-state index in [1.54, 1.807) is 12.3 Å². The first-order chi connectivity index (χ1) is 11.4. The summed E-state index contributed by atoms with van der Waals surface area (Å²) in [7, 11) is 0. The van der Waals surface area contributed by atoms with E-state index < -0.39 is 0 Å². The molecular weight excluding hydrogens is 306 g/mol. The van der Waals surface area contributed by atoms with E-state index in [-0.39, 0.29) is 24.2 Å². The van der Waals surface area contributed by atoms with Gasteiger partial charge in [-0.15, -0.1) is 6.42 Å². The molecule has 0 saturated heterocycles. The van der Waals surface area contributed by atoms with Crippen LogP contribution in [0.15, 0.2) is 18.5 Å². The van der Waals surface area contributed by atoms with Crippen molar-refractivity contribution < 1.29 is 9.53 Å². The van der Waals surface area contributed by atoms with Crippen LogP contribution in [0.25, 0.3) is 0 Å². The fraction of sp³-hybridized carbons (Fsp3) is 0.294. The summed E-state index contributed by atoms with van der Waals surface area (Å²) >= 11 is 0. The molecule has 124 valence electrons. The second-order valence-electron chi connectivity index (χ2n) is 5.51. The molecule has 3 N–H and O–H groups in total. The molecule has 0 aromatic carbocycles. The number of aromatic nitrogens is 3. The van der Waals surface area contributed by atoms with E-state index in [0.717, 1.165) is 5.56 Å². The molecule has 0 spiro atoms. The van der Waals surface area contributed by atoms with E-state index in [1.807, 2.05) is 13.8 Å². The van der Waals surface area contributed by atoms with Gasteiger partial charge < -0.3 is 15.8 Å². The Morgan fingerprint density at radius 1 is 1.38 bits per heavy atom. The monoisotopic (exact) mass is 325 g/mol. The van der Waals surface area contributed by atoms with E-state index >= 15 is 0 Å². The topological polar surface area (TPSA) is 103 Å². The fourth-order valence-electron chi connectivity index (χ4n) is 1.96. The van der Waals surface area contributed by atoms with Crippen molar-refractivity contribution in [1.82, 2.24) is 15.0 Å². The van der Waals surface area contributed by atoms with Crippen LogP contribution in [0, 0.1) is 12.3 Å². The highest BCUT2D eigenvalue weighted by Crippen LogP contribution is 2.33. The molecule has 0 aliphatic rings. The average molecular weight is 325 g/mol. The summed E-state index contributed by atoms with van der Waals surface area (Å²) in [4.78, 5) is 23.4. The number of hydrogen-bond donors (Lipinski definition) is 2. The van der Waals surface area contributed by atoms with Crippen LogP contribution >= 0.6 is 0 Å². The van der Waals surface area contributed by atoms with Gasteiger partial charge in [0.1, 0.15) is 17.2 Å². The van der Waals surface area contributed by atoms with Gasteiger partial charge in [-0.25, -0.2) is 9.97 Å². The second-order valence-corrected chi connectivity index (χ2v) is 5.51. The Labute approximate surface area is 140 Å². The molecule has 2 heterocycles. The van der Waals surface area contributed by atoms with Gasteiger partial charge in [0.25, 0.3) is 0 Å². The lowest BCUT2D eigenvalue weighted by molar-refractivity contribution is -0.115. The van der Waals surface area contributed by atoms with Crippen LogP contribution in [0.5, 0.6) is 11.5 Å². The van der Waals surface area contributed by atoms with E-state index in [4.69, 9.17) is 16.9 Å². The van der Waals surface area contributed by atoms with Gasteiger partial charge in [0, 0.05) is 17.8 Å². The zero-order valence-corrected chi connectivity index (χ0v) is 13.8. The number of ketones is 1. The molecule has 0 atom stereocenters. The Bertz CT molecular complexity index is 796. The summed E-state index contributed by atoms with van der Waals surface area (Å²) in [6.45, 7) is 5.62. The molecule has 2 rings (SSSR count). The van der Waals surface area contributed by atoms with Crippen LogP contribution in [-0.4, -0.2) is 27.3 Å². The first kappa shape index (κ1) is 17.2. The third-order valence-corrected chi connectivity index (χ3v) is 3.16. The summed E-state index contributed by atoms with van der Waals surface area (Å²) in [6.07, 6.45) is 8.55. The number of anilines is 2. The third-order valence-electron chi connectivity index (χ3n) is 3.16. The standard InChI is InChI=1S/C17H19N5O2/c1-5-12-6-14(13(8-19-12)10(2)3)24-15-9-21-17(18)22-16(15)20-7-11(4)23/h1,6,8-10H,7H2,2-4H3,(H3,18,20,21,22). The zero-order chi connectivity index (χ0) is 17.7. The maximum absolute atomic E-state index is 11.2. The van der Waals surface area contributed by atoms with E-state index in [2.05, 4.69) is 26.2 Å². The SMILES string of the molecule is C#Cc1cc(Oc2cnc(N)nc2NCC(C)=O)c(C(C)C)cn1. The number of nitrogens with zero attached hydrogens (tertiary/aromatic N) is 3. The Balaban J connectivity index is 2.40. The Morgan fingerprint density at radius 2 is 2.12 bits per heavy atom. The molecule has 0 bridgehead atoms. The van der Waals surface area contributed by atoms with Crippen molar-refractivity contribution in [3.63, 3.8) is 0 Å². The quantitative estimate of drug-likeness (QED) is 0.786. The van der Waals surface area contributed by atoms with Crippen LogP contribution in [0.1, 0.15) is 37.9 Å². The number of nitrogens with two attached hydrogens (primary N) is 1. The zero-order valence-electron chi connectivity index (χ0n) is 13.8. The predicted octanol–water partition coefficient (Wildman–Crippen LogP) is 2.35. The predicted molar refractivity (Wildman–Crippen MR) is 92.0 cm³/mol. The number of pyridine rings is 1. The van der Waals surface area contributed by atoms with Gasteiger partial charge >= 0.3 is 0 Å². The molecule has 2 aromatic rings. The van der Waals surface area contributed by atoms with Gasteiger partial charge in [0.05, 0.1) is 12.7 Å². The fourth-order valence-corrected chi connectivity index (χ4v) is 1.96. The van der Waals surface area contributed by atoms with Crippen molar-refractivity contribution >= 4 is 17.5 Å². The molecule has 7 nitrogen and oxygen atoms in total. The third kappa shape index (κ3) is 4.20. The minimum Gasteiger partial charge on any atom is -0.451 e. The number of rotatable bonds is 6. The summed E-state index contributed by atoms with van der Waals surface area (Å²) in [5, 5.41) is 2.89. The number of carbonyl (C=O) groups excluding carboxylic acids is 1. The summed E-state index contributed by atoms with van der Waals surface area (Å²) < 4.78 is 5.94. The van der Waals surface area contributed by atoms with Gasteiger partial charge in [-0.1, -0.05) is 19.8 Å². The smallest absolute Gasteiger partial charge is 0.222 e. The Hall–Kier alpha value is -3.14. The van der Waals surface area contributed by atoms with Crippen molar-refractivity contribution in [3.8, 4) is 23.8 Å². The lowest BCUT2D eigenvalue weighted by Gasteiger charge is -2.16. The lowest BCUT2D eigenvalue weighted by atomic mass is 10.0. The first-order valence-electron chi connectivity index (χ1n) is 7.41. The summed E-state index contributed by atoms with van der Waals surface area (Å²) in [5.74, 6) is 3.95. The second kappa shape index (κ2) is 7.42. The summed E-state index contributed by atoms with van der Waals surface area (Å²) in [5.41, 5.74) is 6.97. The molecule has 0 amide bonds. The molecule has 2 aromatic heterocycles. The first-order valence-corrected chi connectivity index (χ1v) is 7.41. The van der Waals surface area contributed by atoms with Crippen LogP contribution in [0.4, 0.5) is 11.8 Å². The molecule has 0 radical (unpaired) electrons. The molecule has 0 fully saturated rings. The minimum absolute atomic E-state index is 0.0421. The Kier molecular flexibility index (Phi) is 5.32. The number of Topliss-reactive ketones (excluding diaryl/α,β-unsaturated/α-hetero) is 1. The van der Waals surface area contributed by atoms with Crippen molar-refractivity contribution in [3.05, 3.63) is 29.7 Å². The number of nitrogen functional groups attached to an aromatic ring is 1. The van der Waals surface area contributed by atoms with Crippen LogP contribution in [-0.2, 0) is 4.79 Å². The number of ether oxygens (including phenoxy) is 1. The van der Waals surface area contributed by atoms with Crippen molar-refractivity contribution in [2.24, 2.45) is 0 Å². The van der Waals surface area contributed by atoms with Gasteiger partial charge in [-0.3, -0.25) is 4.79 Å². The molecule has 0 unspecified atom stereocenters. The van der Waals surface area contributed by atoms with Gasteiger partial charge in [-0.05, 0) is 12.8 Å². The van der Waals surface area contributed by atoms with Crippen LogP contribution in [0.2, 0.25) is 0 Å². The van der Waals surface area contributed by atoms with E-state index in [1.165, 1.54) is 13.1 Å². The highest BCUT2D eigenvalue weighted by atomic mass is 16.5. The largest absolute Gasteiger partial charge is 0.451 e. The van der Waals surface area contributed by atoms with Crippen molar-refractivity contribution in [2.45, 2.75) is 26.7 Å². The summed E-state index contributed by atoms with van der Waals surface area (Å²) in [6, 6.07) is 1.68. The highest BCUT2D eigenvalue weighted by Gasteiger charge is 2.14. The van der Waals surface area contributed by atoms with Crippen molar-refractivity contribution in [2.75, 3.05) is 17.6 Å². The van der Waals surface area contributed by atoms with Gasteiger partial charge in [-0.2, -0.15) is 4.98 Å². The number of hydrogen-bond acceptors (Lipinski definition) is 7. The van der Waals surface area contributed by atoms with E-state index in [9.17, 15) is 4.79 Å². The minimum atomic E-state index is -0.0421. The number of terminal acetylenes is 1.